The lowest BCUT2D eigenvalue weighted by molar-refractivity contribution is 0.102. The summed E-state index contributed by atoms with van der Waals surface area (Å²) in [5, 5.41) is 8.37. The number of benzene rings is 2. The second-order valence-corrected chi connectivity index (χ2v) is 5.09. The minimum atomic E-state index is -0.236. The molecule has 108 valence electrons. The highest BCUT2D eigenvalue weighted by Gasteiger charge is 2.12. The average molecular weight is 292 g/mol. The summed E-state index contributed by atoms with van der Waals surface area (Å²) in [5.74, 6) is 0.812. The van der Waals surface area contributed by atoms with Crippen LogP contribution in [0.4, 0.5) is 5.82 Å². The monoisotopic (exact) mass is 292 g/mol. The summed E-state index contributed by atoms with van der Waals surface area (Å²) in [6.45, 7) is 1.77. The largest absolute Gasteiger partial charge is 0.456 e. The summed E-state index contributed by atoms with van der Waals surface area (Å²) in [6, 6.07) is 14.8. The lowest BCUT2D eigenvalue weighted by Gasteiger charge is -2.01. The van der Waals surface area contributed by atoms with Crippen molar-refractivity contribution in [2.24, 2.45) is 0 Å². The Labute approximate surface area is 125 Å². The smallest absolute Gasteiger partial charge is 0.256 e. The fourth-order valence-electron chi connectivity index (χ4n) is 2.48. The molecule has 5 heteroatoms. The fourth-order valence-corrected chi connectivity index (χ4v) is 2.48. The van der Waals surface area contributed by atoms with Crippen LogP contribution in [-0.4, -0.2) is 11.1 Å². The normalized spacial score (nSPS) is 11.1. The van der Waals surface area contributed by atoms with Gasteiger partial charge in [-0.2, -0.15) is 0 Å². The van der Waals surface area contributed by atoms with Crippen LogP contribution in [0.15, 0.2) is 57.5 Å². The predicted molar refractivity (Wildman–Crippen MR) is 82.9 cm³/mol. The standard InChI is InChI=1S/C17H12N2O3/c1-10-8-16(19-22-10)18-17(20)11-6-7-15-13(9-11)12-4-2-3-5-14(12)21-15/h2-9H,1H3,(H,18,19,20). The van der Waals surface area contributed by atoms with Crippen molar-refractivity contribution in [1.82, 2.24) is 5.16 Å². The van der Waals surface area contributed by atoms with Gasteiger partial charge in [0.15, 0.2) is 5.82 Å². The Hall–Kier alpha value is -3.08. The number of carbonyl (C=O) groups is 1. The number of nitrogens with one attached hydrogen (secondary N) is 1. The number of fused-ring (bicyclic) bond motifs is 3. The van der Waals surface area contributed by atoms with Crippen molar-refractivity contribution in [2.45, 2.75) is 6.92 Å². The first-order chi connectivity index (χ1) is 10.7. The number of furan rings is 1. The number of aryl methyl sites for hydroxylation is 1. The summed E-state index contributed by atoms with van der Waals surface area (Å²) in [4.78, 5) is 12.3. The van der Waals surface area contributed by atoms with E-state index in [4.69, 9.17) is 8.94 Å². The molecular formula is C17H12N2O3. The highest BCUT2D eigenvalue weighted by atomic mass is 16.5. The summed E-state index contributed by atoms with van der Waals surface area (Å²) < 4.78 is 10.7. The van der Waals surface area contributed by atoms with E-state index in [1.807, 2.05) is 30.3 Å². The molecule has 0 radical (unpaired) electrons. The van der Waals surface area contributed by atoms with E-state index >= 15 is 0 Å². The Kier molecular flexibility index (Phi) is 2.72. The Balaban J connectivity index is 1.75. The van der Waals surface area contributed by atoms with Crippen molar-refractivity contribution in [3.05, 3.63) is 59.9 Å². The lowest BCUT2D eigenvalue weighted by atomic mass is 10.1. The van der Waals surface area contributed by atoms with E-state index in [1.54, 1.807) is 25.1 Å². The zero-order valence-electron chi connectivity index (χ0n) is 11.8. The molecule has 22 heavy (non-hydrogen) atoms. The topological polar surface area (TPSA) is 68.3 Å². The third-order valence-corrected chi connectivity index (χ3v) is 3.51. The van der Waals surface area contributed by atoms with E-state index in [2.05, 4.69) is 10.5 Å². The Morgan fingerprint density at radius 1 is 1.05 bits per heavy atom. The highest BCUT2D eigenvalue weighted by Crippen LogP contribution is 2.29. The predicted octanol–water partition coefficient (Wildman–Crippen LogP) is 4.13. The van der Waals surface area contributed by atoms with Crippen LogP contribution >= 0.6 is 0 Å². The fraction of sp³-hybridized carbons (Fsp3) is 0.0588. The molecule has 4 aromatic rings. The third kappa shape index (κ3) is 2.03. The first-order valence-electron chi connectivity index (χ1n) is 6.87. The van der Waals surface area contributed by atoms with E-state index in [0.29, 0.717) is 17.1 Å². The quantitative estimate of drug-likeness (QED) is 0.603. The van der Waals surface area contributed by atoms with Gasteiger partial charge in [0.05, 0.1) is 0 Å². The van der Waals surface area contributed by atoms with Gasteiger partial charge in [-0.05, 0) is 31.2 Å². The first kappa shape index (κ1) is 12.6. The maximum Gasteiger partial charge on any atom is 0.256 e. The van der Waals surface area contributed by atoms with E-state index < -0.39 is 0 Å². The van der Waals surface area contributed by atoms with Gasteiger partial charge in [0.2, 0.25) is 0 Å². The molecule has 0 aliphatic heterocycles. The van der Waals surface area contributed by atoms with Crippen molar-refractivity contribution in [3.8, 4) is 0 Å². The van der Waals surface area contributed by atoms with Crippen molar-refractivity contribution >= 4 is 33.7 Å². The van der Waals surface area contributed by atoms with E-state index in [9.17, 15) is 4.79 Å². The highest BCUT2D eigenvalue weighted by molar-refractivity contribution is 6.10. The van der Waals surface area contributed by atoms with Crippen LogP contribution in [0.3, 0.4) is 0 Å². The molecule has 0 saturated carbocycles. The molecule has 1 amide bonds. The van der Waals surface area contributed by atoms with E-state index in [-0.39, 0.29) is 5.91 Å². The molecular weight excluding hydrogens is 280 g/mol. The van der Waals surface area contributed by atoms with Crippen molar-refractivity contribution in [3.63, 3.8) is 0 Å². The second kappa shape index (κ2) is 4.73. The third-order valence-electron chi connectivity index (χ3n) is 3.51. The van der Waals surface area contributed by atoms with Gasteiger partial charge in [-0.1, -0.05) is 23.4 Å². The number of nitrogens with zero attached hydrogens (tertiary/aromatic N) is 1. The number of hydrogen-bond acceptors (Lipinski definition) is 4. The number of carbonyl (C=O) groups excluding carboxylic acids is 1. The van der Waals surface area contributed by atoms with Gasteiger partial charge in [0.1, 0.15) is 16.9 Å². The van der Waals surface area contributed by atoms with Gasteiger partial charge in [-0.15, -0.1) is 0 Å². The summed E-state index contributed by atoms with van der Waals surface area (Å²) in [6.07, 6.45) is 0. The van der Waals surface area contributed by atoms with Gasteiger partial charge >= 0.3 is 0 Å². The van der Waals surface area contributed by atoms with Crippen LogP contribution in [-0.2, 0) is 0 Å². The Morgan fingerprint density at radius 2 is 1.86 bits per heavy atom. The van der Waals surface area contributed by atoms with Crippen LogP contribution in [0.1, 0.15) is 16.1 Å². The second-order valence-electron chi connectivity index (χ2n) is 5.09. The van der Waals surface area contributed by atoms with Crippen molar-refractivity contribution < 1.29 is 13.7 Å². The molecule has 2 heterocycles. The average Bonchev–Trinajstić information content (AvgIpc) is 3.10. The van der Waals surface area contributed by atoms with E-state index in [0.717, 1.165) is 21.9 Å². The maximum absolute atomic E-state index is 12.3. The van der Waals surface area contributed by atoms with Crippen LogP contribution in [0, 0.1) is 6.92 Å². The van der Waals surface area contributed by atoms with Gasteiger partial charge in [-0.3, -0.25) is 4.79 Å². The summed E-state index contributed by atoms with van der Waals surface area (Å²) >= 11 is 0. The Bertz CT molecular complexity index is 997. The molecule has 4 rings (SSSR count). The number of rotatable bonds is 2. The molecule has 2 aromatic heterocycles. The minimum Gasteiger partial charge on any atom is -0.456 e. The number of aromatic nitrogens is 1. The zero-order chi connectivity index (χ0) is 15.1. The van der Waals surface area contributed by atoms with Crippen molar-refractivity contribution in [2.75, 3.05) is 5.32 Å². The molecule has 5 nitrogen and oxygen atoms in total. The molecule has 2 aromatic carbocycles. The van der Waals surface area contributed by atoms with Crippen LogP contribution in [0.25, 0.3) is 21.9 Å². The van der Waals surface area contributed by atoms with Gasteiger partial charge < -0.3 is 14.3 Å². The minimum absolute atomic E-state index is 0.236. The SMILES string of the molecule is Cc1cc(NC(=O)c2ccc3oc4ccccc4c3c2)no1. The lowest BCUT2D eigenvalue weighted by Crippen LogP contribution is -2.11. The summed E-state index contributed by atoms with van der Waals surface area (Å²) in [7, 11) is 0. The van der Waals surface area contributed by atoms with Crippen LogP contribution in [0.5, 0.6) is 0 Å². The first-order valence-corrected chi connectivity index (χ1v) is 6.87. The van der Waals surface area contributed by atoms with E-state index in [1.165, 1.54) is 0 Å². The van der Waals surface area contributed by atoms with Gasteiger partial charge in [0.25, 0.3) is 5.91 Å². The molecule has 0 atom stereocenters. The molecule has 0 unspecified atom stereocenters. The van der Waals surface area contributed by atoms with Gasteiger partial charge in [0, 0.05) is 22.4 Å². The van der Waals surface area contributed by atoms with Crippen LogP contribution < -0.4 is 5.32 Å². The zero-order valence-corrected chi connectivity index (χ0v) is 11.8. The van der Waals surface area contributed by atoms with Gasteiger partial charge in [-0.25, -0.2) is 0 Å². The number of amides is 1. The molecule has 0 spiro atoms. The van der Waals surface area contributed by atoms with Crippen molar-refractivity contribution in [1.29, 1.82) is 0 Å². The molecule has 0 aliphatic rings. The number of hydrogen-bond donors (Lipinski definition) is 1. The molecule has 0 aliphatic carbocycles. The van der Waals surface area contributed by atoms with Crippen LogP contribution in [0.2, 0.25) is 0 Å². The molecule has 0 bridgehead atoms. The number of anilines is 1. The number of para-hydroxylation sites is 1. The molecule has 0 saturated heterocycles. The molecule has 0 fully saturated rings. The Morgan fingerprint density at radius 3 is 2.68 bits per heavy atom. The maximum atomic E-state index is 12.3. The molecule has 1 N–H and O–H groups in total. The summed E-state index contributed by atoms with van der Waals surface area (Å²) in [5.41, 5.74) is 2.11.